The van der Waals surface area contributed by atoms with Crippen LogP contribution in [0.1, 0.15) is 49.4 Å². The summed E-state index contributed by atoms with van der Waals surface area (Å²) in [6, 6.07) is 1.90. The van der Waals surface area contributed by atoms with Gasteiger partial charge in [-0.3, -0.25) is 9.69 Å². The van der Waals surface area contributed by atoms with Crippen LogP contribution in [0.15, 0.2) is 26.0 Å². The summed E-state index contributed by atoms with van der Waals surface area (Å²) in [6.45, 7) is 15.2. The summed E-state index contributed by atoms with van der Waals surface area (Å²) in [5.41, 5.74) is 3.89. The summed E-state index contributed by atoms with van der Waals surface area (Å²) in [4.78, 5) is 27.7. The van der Waals surface area contributed by atoms with Crippen molar-refractivity contribution in [2.24, 2.45) is 0 Å². The molecule has 0 atom stereocenters. The van der Waals surface area contributed by atoms with Crippen LogP contribution < -0.4 is 10.9 Å². The van der Waals surface area contributed by atoms with Gasteiger partial charge in [0.25, 0.3) is 0 Å². The molecule has 4 rings (SSSR count). The molecule has 0 unspecified atom stereocenters. The number of hydrogen-bond donors (Lipinski definition) is 1. The van der Waals surface area contributed by atoms with Gasteiger partial charge in [-0.05, 0) is 49.4 Å². The largest absolute Gasteiger partial charge is 0.463 e. The fourth-order valence-electron chi connectivity index (χ4n) is 4.62. The number of morpholine rings is 1. The van der Waals surface area contributed by atoms with Gasteiger partial charge in [-0.1, -0.05) is 20.8 Å². The van der Waals surface area contributed by atoms with Gasteiger partial charge < -0.3 is 18.9 Å². The Hall–Kier alpha value is -2.64. The number of carbonyl (C=O) groups excluding carboxylic acids is 1. The van der Waals surface area contributed by atoms with E-state index in [1.165, 1.54) is 0 Å². The smallest absolute Gasteiger partial charge is 0.340 e. The molecular formula is C26H34N2O5. The van der Waals surface area contributed by atoms with Gasteiger partial charge in [0.05, 0.1) is 36.8 Å². The van der Waals surface area contributed by atoms with Crippen LogP contribution >= 0.6 is 0 Å². The number of benzene rings is 1. The molecule has 0 bridgehead atoms. The molecule has 2 aromatic heterocycles. The molecule has 7 heteroatoms. The maximum absolute atomic E-state index is 12.7. The zero-order valence-corrected chi connectivity index (χ0v) is 20.3. The number of aryl methyl sites for hydroxylation is 2. The maximum atomic E-state index is 12.7. The summed E-state index contributed by atoms with van der Waals surface area (Å²) < 4.78 is 17.0. The second kappa shape index (κ2) is 9.31. The number of hydrogen-bond acceptors (Lipinski definition) is 6. The van der Waals surface area contributed by atoms with Gasteiger partial charge in [0.1, 0.15) is 11.2 Å². The molecule has 178 valence electrons. The highest BCUT2D eigenvalue weighted by molar-refractivity contribution is 6.07. The summed E-state index contributed by atoms with van der Waals surface area (Å²) >= 11 is 0. The number of nitrogens with zero attached hydrogens (tertiary/aromatic N) is 1. The van der Waals surface area contributed by atoms with Crippen molar-refractivity contribution in [3.63, 3.8) is 0 Å². The summed E-state index contributed by atoms with van der Waals surface area (Å²) in [6.07, 6.45) is 2.64. The number of ether oxygens (including phenoxy) is 1. The highest BCUT2D eigenvalue weighted by atomic mass is 16.5. The molecule has 1 aromatic carbocycles. The lowest BCUT2D eigenvalue weighted by atomic mass is 9.85. The van der Waals surface area contributed by atoms with E-state index in [4.69, 9.17) is 13.6 Å². The number of fused-ring (bicyclic) bond motifs is 3. The molecule has 0 saturated carbocycles. The standard InChI is InChI=1S/C26H34N2O5/c1-16-13-20-23(24-22(16)19(15-32-24)26(3,4)5)17(2)18(25(30)33-20)14-21(29)27-7-6-8-28-9-11-31-12-10-28/h13,15H,6-12,14H2,1-5H3,(H,27,29). The molecule has 0 spiro atoms. The van der Waals surface area contributed by atoms with Gasteiger partial charge in [-0.15, -0.1) is 0 Å². The minimum Gasteiger partial charge on any atom is -0.463 e. The van der Waals surface area contributed by atoms with E-state index in [0.717, 1.165) is 66.7 Å². The van der Waals surface area contributed by atoms with Crippen LogP contribution in [0.4, 0.5) is 0 Å². The van der Waals surface area contributed by atoms with E-state index in [0.29, 0.717) is 23.3 Å². The van der Waals surface area contributed by atoms with Crippen molar-refractivity contribution >= 4 is 27.8 Å². The van der Waals surface area contributed by atoms with E-state index in [1.54, 1.807) is 6.26 Å². The lowest BCUT2D eigenvalue weighted by Crippen LogP contribution is -2.38. The predicted octanol–water partition coefficient (Wildman–Crippen LogP) is 3.83. The predicted molar refractivity (Wildman–Crippen MR) is 129 cm³/mol. The Bertz CT molecular complexity index is 1230. The van der Waals surface area contributed by atoms with Crippen molar-refractivity contribution in [2.45, 2.75) is 52.9 Å². The number of nitrogens with one attached hydrogen (secondary N) is 1. The van der Waals surface area contributed by atoms with Gasteiger partial charge in [0, 0.05) is 30.6 Å². The van der Waals surface area contributed by atoms with Gasteiger partial charge in [-0.25, -0.2) is 4.79 Å². The molecular weight excluding hydrogens is 420 g/mol. The second-order valence-corrected chi connectivity index (χ2v) is 10.00. The fraction of sp³-hybridized carbons (Fsp3) is 0.538. The Morgan fingerprint density at radius 2 is 1.88 bits per heavy atom. The van der Waals surface area contributed by atoms with Crippen LogP contribution in [0.5, 0.6) is 0 Å². The number of rotatable bonds is 6. The van der Waals surface area contributed by atoms with Gasteiger partial charge in [-0.2, -0.15) is 0 Å². The Kier molecular flexibility index (Phi) is 6.64. The van der Waals surface area contributed by atoms with E-state index in [1.807, 2.05) is 19.9 Å². The fourth-order valence-corrected chi connectivity index (χ4v) is 4.62. The summed E-state index contributed by atoms with van der Waals surface area (Å²) in [5, 5.41) is 4.75. The van der Waals surface area contributed by atoms with E-state index >= 15 is 0 Å². The highest BCUT2D eigenvalue weighted by Crippen LogP contribution is 2.38. The minimum absolute atomic E-state index is 0.0101. The molecule has 0 radical (unpaired) electrons. The molecule has 1 amide bonds. The average Bonchev–Trinajstić information content (AvgIpc) is 3.21. The monoisotopic (exact) mass is 454 g/mol. The van der Waals surface area contributed by atoms with Gasteiger partial charge >= 0.3 is 5.63 Å². The van der Waals surface area contributed by atoms with Crippen LogP contribution in [0.2, 0.25) is 0 Å². The third-order valence-corrected chi connectivity index (χ3v) is 6.51. The lowest BCUT2D eigenvalue weighted by molar-refractivity contribution is -0.120. The third kappa shape index (κ3) is 4.84. The molecule has 7 nitrogen and oxygen atoms in total. The quantitative estimate of drug-likeness (QED) is 0.450. The molecule has 3 aromatic rings. The van der Waals surface area contributed by atoms with Gasteiger partial charge in [0.2, 0.25) is 5.91 Å². The number of amides is 1. The van der Waals surface area contributed by atoms with Crippen molar-refractivity contribution in [3.05, 3.63) is 45.0 Å². The van der Waals surface area contributed by atoms with Crippen molar-refractivity contribution in [3.8, 4) is 0 Å². The molecule has 0 aliphatic carbocycles. The molecule has 3 heterocycles. The summed E-state index contributed by atoms with van der Waals surface area (Å²) in [7, 11) is 0. The third-order valence-electron chi connectivity index (χ3n) is 6.51. The molecule has 1 fully saturated rings. The van der Waals surface area contributed by atoms with Crippen molar-refractivity contribution in [2.75, 3.05) is 39.4 Å². The zero-order valence-electron chi connectivity index (χ0n) is 20.3. The first-order valence-corrected chi connectivity index (χ1v) is 11.7. The summed E-state index contributed by atoms with van der Waals surface area (Å²) in [5.74, 6) is -0.176. The highest BCUT2D eigenvalue weighted by Gasteiger charge is 2.25. The molecule has 33 heavy (non-hydrogen) atoms. The normalized spacial score (nSPS) is 15.4. The first kappa shape index (κ1) is 23.5. The molecule has 1 N–H and O–H groups in total. The van der Waals surface area contributed by atoms with Crippen molar-refractivity contribution in [1.82, 2.24) is 10.2 Å². The lowest BCUT2D eigenvalue weighted by Gasteiger charge is -2.26. The zero-order chi connectivity index (χ0) is 23.8. The van der Waals surface area contributed by atoms with E-state index < -0.39 is 5.63 Å². The number of furan rings is 1. The van der Waals surface area contributed by atoms with Crippen LogP contribution in [0.25, 0.3) is 21.9 Å². The Morgan fingerprint density at radius 1 is 1.15 bits per heavy atom. The topological polar surface area (TPSA) is 84.9 Å². The van der Waals surface area contributed by atoms with Crippen molar-refractivity contribution < 1.29 is 18.4 Å². The minimum atomic E-state index is -0.468. The second-order valence-electron chi connectivity index (χ2n) is 10.00. The average molecular weight is 455 g/mol. The van der Waals surface area contributed by atoms with E-state index in [-0.39, 0.29) is 17.7 Å². The number of carbonyl (C=O) groups is 1. The SMILES string of the molecule is Cc1cc2oc(=O)c(CC(=O)NCCCN3CCOCC3)c(C)c2c2occ(C(C)(C)C)c12. The first-order chi connectivity index (χ1) is 15.7. The molecule has 1 saturated heterocycles. The molecule has 1 aliphatic rings. The van der Waals surface area contributed by atoms with Crippen molar-refractivity contribution in [1.29, 1.82) is 0 Å². The Labute approximate surface area is 194 Å². The van der Waals surface area contributed by atoms with Crippen LogP contribution in [0, 0.1) is 13.8 Å². The van der Waals surface area contributed by atoms with E-state index in [9.17, 15) is 9.59 Å². The Balaban J connectivity index is 1.56. The van der Waals surface area contributed by atoms with E-state index in [2.05, 4.69) is 31.0 Å². The maximum Gasteiger partial charge on any atom is 0.340 e. The first-order valence-electron chi connectivity index (χ1n) is 11.7. The Morgan fingerprint density at radius 3 is 2.58 bits per heavy atom. The van der Waals surface area contributed by atoms with Crippen LogP contribution in [0.3, 0.4) is 0 Å². The molecule has 1 aliphatic heterocycles. The van der Waals surface area contributed by atoms with Crippen LogP contribution in [-0.4, -0.2) is 50.2 Å². The van der Waals surface area contributed by atoms with Crippen LogP contribution in [-0.2, 0) is 21.4 Å². The van der Waals surface area contributed by atoms with Gasteiger partial charge in [0.15, 0.2) is 0 Å².